The second kappa shape index (κ2) is 8.96. The van der Waals surface area contributed by atoms with E-state index in [1.165, 1.54) is 34.1 Å². The van der Waals surface area contributed by atoms with Crippen molar-refractivity contribution in [1.82, 2.24) is 9.62 Å². The minimum Gasteiger partial charge on any atom is -0.325 e. The Morgan fingerprint density at radius 1 is 1.12 bits per heavy atom. The smallest absolute Gasteiger partial charge is 0.277 e. The predicted octanol–water partition coefficient (Wildman–Crippen LogP) is 3.37. The van der Waals surface area contributed by atoms with E-state index >= 15 is 0 Å². The van der Waals surface area contributed by atoms with Gasteiger partial charge in [-0.05, 0) is 67.7 Å². The third-order valence-electron chi connectivity index (χ3n) is 6.19. The Morgan fingerprint density at radius 2 is 1.81 bits per heavy atom. The molecule has 0 saturated heterocycles. The molecule has 1 atom stereocenters. The summed E-state index contributed by atoms with van der Waals surface area (Å²) in [6.07, 6.45) is 9.41. The molecule has 0 fully saturated rings. The maximum atomic E-state index is 12.7. The van der Waals surface area contributed by atoms with Gasteiger partial charge in [-0.3, -0.25) is 9.59 Å². The third kappa shape index (κ3) is 4.12. The van der Waals surface area contributed by atoms with Crippen LogP contribution in [0.2, 0.25) is 0 Å². The van der Waals surface area contributed by atoms with Crippen LogP contribution in [0.4, 0.5) is 0 Å². The Morgan fingerprint density at radius 3 is 2.50 bits per heavy atom. The number of hydrogen-bond acceptors (Lipinski definition) is 4. The van der Waals surface area contributed by atoms with Crippen molar-refractivity contribution in [3.63, 3.8) is 0 Å². The zero-order chi connectivity index (χ0) is 22.9. The van der Waals surface area contributed by atoms with Gasteiger partial charge in [-0.2, -0.15) is 4.31 Å². The zero-order valence-electron chi connectivity index (χ0n) is 18.3. The van der Waals surface area contributed by atoms with Gasteiger partial charge in [0.05, 0.1) is 10.6 Å². The summed E-state index contributed by atoms with van der Waals surface area (Å²) in [6, 6.07) is 5.83. The fraction of sp³-hybridized carbons (Fsp3) is 0.375. The summed E-state index contributed by atoms with van der Waals surface area (Å²) >= 11 is 0. The van der Waals surface area contributed by atoms with Crippen LogP contribution < -0.4 is 5.32 Å². The van der Waals surface area contributed by atoms with E-state index in [-0.39, 0.29) is 16.7 Å². The van der Waals surface area contributed by atoms with Crippen molar-refractivity contribution >= 4 is 27.5 Å². The highest BCUT2D eigenvalue weighted by Gasteiger charge is 2.33. The molecule has 1 N–H and O–H groups in total. The molecule has 8 heteroatoms. The molecule has 1 unspecified atom stereocenters. The Kier molecular flexibility index (Phi) is 6.26. The van der Waals surface area contributed by atoms with Crippen LogP contribution in [0.25, 0.3) is 0 Å². The number of sulfonamides is 1. The van der Waals surface area contributed by atoms with E-state index in [1.54, 1.807) is 19.9 Å². The van der Waals surface area contributed by atoms with Gasteiger partial charge in [-0.1, -0.05) is 19.9 Å². The van der Waals surface area contributed by atoms with Crippen LogP contribution in [0.3, 0.4) is 0 Å². The van der Waals surface area contributed by atoms with Crippen LogP contribution in [0.5, 0.6) is 0 Å². The zero-order valence-corrected chi connectivity index (χ0v) is 19.1. The molecule has 32 heavy (non-hydrogen) atoms. The first kappa shape index (κ1) is 22.4. The summed E-state index contributed by atoms with van der Waals surface area (Å²) in [6.45, 7) is 4.33. The van der Waals surface area contributed by atoms with Crippen molar-refractivity contribution in [2.45, 2.75) is 44.4 Å². The number of allylic oxidation sites excluding steroid dienone is 3. The van der Waals surface area contributed by atoms with Crippen LogP contribution in [0.1, 0.15) is 49.9 Å². The van der Waals surface area contributed by atoms with Crippen molar-refractivity contribution in [3.05, 3.63) is 64.9 Å². The Balaban J connectivity index is 1.54. The highest BCUT2D eigenvalue weighted by molar-refractivity contribution is 7.89. The van der Waals surface area contributed by atoms with E-state index in [9.17, 15) is 18.0 Å². The van der Waals surface area contributed by atoms with Crippen LogP contribution in [-0.2, 0) is 14.8 Å². The van der Waals surface area contributed by atoms with E-state index in [1.807, 2.05) is 12.2 Å². The Hall–Kier alpha value is -2.84. The summed E-state index contributed by atoms with van der Waals surface area (Å²) in [4.78, 5) is 29.4. The summed E-state index contributed by atoms with van der Waals surface area (Å²) in [5, 5.41) is 2.96. The SMILES string of the molecule is CCN(CC)S(=O)(=O)c1ccc(C(=O)N=C2C=CC3C(=C2)NC(=O)C2=C3CCCC2)cc1. The highest BCUT2D eigenvalue weighted by atomic mass is 32.2. The molecule has 4 rings (SSSR count). The predicted molar refractivity (Wildman–Crippen MR) is 123 cm³/mol. The standard InChI is InChI=1S/C24H27N3O4S/c1-3-27(4-2)32(30,31)18-12-9-16(10-13-18)23(28)25-17-11-14-20-19-7-5-6-8-21(19)24(29)26-22(20)15-17/h9-15,20H,3-8H2,1-2H3,(H,26,29). The second-order valence-electron chi connectivity index (χ2n) is 8.06. The lowest BCUT2D eigenvalue weighted by atomic mass is 9.77. The van der Waals surface area contributed by atoms with Crippen molar-refractivity contribution in [1.29, 1.82) is 0 Å². The number of amides is 2. The molecule has 0 aromatic heterocycles. The first-order chi connectivity index (χ1) is 15.3. The summed E-state index contributed by atoms with van der Waals surface area (Å²) in [7, 11) is -3.58. The second-order valence-corrected chi connectivity index (χ2v) is 9.99. The van der Waals surface area contributed by atoms with Gasteiger partial charge in [0, 0.05) is 35.8 Å². The molecule has 168 valence electrons. The van der Waals surface area contributed by atoms with E-state index in [2.05, 4.69) is 10.3 Å². The summed E-state index contributed by atoms with van der Waals surface area (Å²) in [5.74, 6) is -0.471. The lowest BCUT2D eigenvalue weighted by Gasteiger charge is -2.33. The fourth-order valence-electron chi connectivity index (χ4n) is 4.48. The van der Waals surface area contributed by atoms with E-state index in [0.29, 0.717) is 24.4 Å². The average Bonchev–Trinajstić information content (AvgIpc) is 2.80. The first-order valence-corrected chi connectivity index (χ1v) is 12.5. The van der Waals surface area contributed by atoms with Gasteiger partial charge >= 0.3 is 0 Å². The molecule has 0 saturated carbocycles. The van der Waals surface area contributed by atoms with Gasteiger partial charge in [-0.15, -0.1) is 0 Å². The van der Waals surface area contributed by atoms with Gasteiger partial charge in [0.25, 0.3) is 11.8 Å². The maximum Gasteiger partial charge on any atom is 0.277 e. The van der Waals surface area contributed by atoms with Crippen LogP contribution >= 0.6 is 0 Å². The quantitative estimate of drug-likeness (QED) is 0.739. The lowest BCUT2D eigenvalue weighted by Crippen LogP contribution is -2.37. The lowest BCUT2D eigenvalue weighted by molar-refractivity contribution is -0.117. The van der Waals surface area contributed by atoms with E-state index in [0.717, 1.165) is 37.0 Å². The molecule has 0 radical (unpaired) electrons. The van der Waals surface area contributed by atoms with Gasteiger partial charge < -0.3 is 5.32 Å². The Bertz CT molecular complexity index is 1170. The summed E-state index contributed by atoms with van der Waals surface area (Å²) in [5.41, 5.74) is 3.60. The molecule has 2 amide bonds. The van der Waals surface area contributed by atoms with E-state index in [4.69, 9.17) is 0 Å². The molecular formula is C24H27N3O4S. The molecular weight excluding hydrogens is 426 g/mol. The number of rotatable bonds is 5. The van der Waals surface area contributed by atoms with Crippen molar-refractivity contribution < 1.29 is 18.0 Å². The normalized spacial score (nSPS) is 21.8. The number of hydrogen-bond donors (Lipinski definition) is 1. The van der Waals surface area contributed by atoms with E-state index < -0.39 is 15.9 Å². The molecule has 1 aromatic carbocycles. The first-order valence-electron chi connectivity index (χ1n) is 11.0. The molecule has 1 heterocycles. The number of carbonyl (C=O) groups is 2. The number of aliphatic imine (C=N–C) groups is 1. The van der Waals surface area contributed by atoms with Crippen molar-refractivity contribution in [3.8, 4) is 0 Å². The van der Waals surface area contributed by atoms with Crippen molar-refractivity contribution in [2.24, 2.45) is 10.9 Å². The largest absolute Gasteiger partial charge is 0.325 e. The van der Waals surface area contributed by atoms with Crippen molar-refractivity contribution in [2.75, 3.05) is 13.1 Å². The molecule has 1 aliphatic heterocycles. The number of carbonyl (C=O) groups excluding carboxylic acids is 2. The van der Waals surface area contributed by atoms with Crippen LogP contribution in [-0.4, -0.2) is 43.3 Å². The minimum absolute atomic E-state index is 0.0432. The molecule has 7 nitrogen and oxygen atoms in total. The minimum atomic E-state index is -3.58. The van der Waals surface area contributed by atoms with Gasteiger partial charge in [0.15, 0.2) is 0 Å². The molecule has 2 aliphatic carbocycles. The highest BCUT2D eigenvalue weighted by Crippen LogP contribution is 2.38. The van der Waals surface area contributed by atoms with Crippen LogP contribution in [0.15, 0.2) is 69.2 Å². The molecule has 3 aliphatic rings. The third-order valence-corrected chi connectivity index (χ3v) is 8.25. The fourth-order valence-corrected chi connectivity index (χ4v) is 5.94. The Labute approximate surface area is 188 Å². The molecule has 0 spiro atoms. The maximum absolute atomic E-state index is 12.7. The number of fused-ring (bicyclic) bond motifs is 2. The summed E-state index contributed by atoms with van der Waals surface area (Å²) < 4.78 is 26.6. The van der Waals surface area contributed by atoms with Gasteiger partial charge in [-0.25, -0.2) is 13.4 Å². The topological polar surface area (TPSA) is 95.9 Å². The average molecular weight is 454 g/mol. The number of nitrogens with one attached hydrogen (secondary N) is 1. The van der Waals surface area contributed by atoms with Gasteiger partial charge in [0.1, 0.15) is 0 Å². The molecule has 0 bridgehead atoms. The number of nitrogens with zero attached hydrogens (tertiary/aromatic N) is 2. The van der Waals surface area contributed by atoms with Gasteiger partial charge in [0.2, 0.25) is 10.0 Å². The monoisotopic (exact) mass is 453 g/mol. The van der Waals surface area contributed by atoms with Crippen LogP contribution in [0, 0.1) is 5.92 Å². The number of benzene rings is 1. The molecule has 1 aromatic rings.